The molecule has 0 radical (unpaired) electrons. The third kappa shape index (κ3) is 4.72. The molecule has 1 N–H and O–H groups in total. The van der Waals surface area contributed by atoms with Crippen LogP contribution in [0.15, 0.2) is 28.7 Å². The van der Waals surface area contributed by atoms with Gasteiger partial charge in [0.2, 0.25) is 0 Å². The van der Waals surface area contributed by atoms with Crippen molar-refractivity contribution in [3.63, 3.8) is 0 Å². The molecule has 0 aliphatic carbocycles. The molecular weight excluding hydrogens is 418 g/mol. The van der Waals surface area contributed by atoms with E-state index in [2.05, 4.69) is 37.2 Å². The highest BCUT2D eigenvalue weighted by molar-refractivity contribution is 9.10. The number of rotatable bonds is 5. The van der Waals surface area contributed by atoms with Crippen molar-refractivity contribution in [2.75, 3.05) is 6.54 Å². The van der Waals surface area contributed by atoms with Crippen molar-refractivity contribution in [1.82, 2.24) is 5.32 Å². The number of carbonyl (C=O) groups excluding carboxylic acids is 3. The highest BCUT2D eigenvalue weighted by Crippen LogP contribution is 2.17. The molecule has 1 aliphatic heterocycles. The second kappa shape index (κ2) is 7.99. The van der Waals surface area contributed by atoms with Gasteiger partial charge in [-0.1, -0.05) is 44.0 Å². The molecule has 22 heavy (non-hydrogen) atoms. The van der Waals surface area contributed by atoms with E-state index in [0.717, 1.165) is 17.4 Å². The number of nitrogens with one attached hydrogen (secondary N) is 1. The zero-order valence-electron chi connectivity index (χ0n) is 11.7. The first-order chi connectivity index (χ1) is 10.5. The van der Waals surface area contributed by atoms with Gasteiger partial charge in [0.15, 0.2) is 5.78 Å². The molecule has 1 fully saturated rings. The Morgan fingerprint density at radius 2 is 1.95 bits per heavy atom. The molecule has 7 heteroatoms. The van der Waals surface area contributed by atoms with Crippen LogP contribution in [0.4, 0.5) is 0 Å². The van der Waals surface area contributed by atoms with Crippen molar-refractivity contribution in [3.05, 3.63) is 34.3 Å². The summed E-state index contributed by atoms with van der Waals surface area (Å²) >= 11 is 6.47. The van der Waals surface area contributed by atoms with Crippen LogP contribution in [-0.2, 0) is 14.3 Å². The van der Waals surface area contributed by atoms with Gasteiger partial charge in [0.1, 0.15) is 6.04 Å². The summed E-state index contributed by atoms with van der Waals surface area (Å²) in [7, 11) is 0. The van der Waals surface area contributed by atoms with Crippen LogP contribution in [0.3, 0.4) is 0 Å². The Morgan fingerprint density at radius 3 is 2.55 bits per heavy atom. The topological polar surface area (TPSA) is 72.5 Å². The van der Waals surface area contributed by atoms with Gasteiger partial charge in [0, 0.05) is 10.0 Å². The van der Waals surface area contributed by atoms with Crippen LogP contribution in [0.1, 0.15) is 29.6 Å². The van der Waals surface area contributed by atoms with E-state index in [1.54, 1.807) is 24.3 Å². The summed E-state index contributed by atoms with van der Waals surface area (Å²) in [5.41, 5.74) is 0.488. The number of hydrogen-bond donors (Lipinski definition) is 1. The summed E-state index contributed by atoms with van der Waals surface area (Å²) in [6, 6.07) is 6.42. The number of carbonyl (C=O) groups is 3. The Bertz CT molecular complexity index is 567. The van der Waals surface area contributed by atoms with E-state index in [-0.39, 0.29) is 12.2 Å². The van der Waals surface area contributed by atoms with E-state index in [1.807, 2.05) is 0 Å². The van der Waals surface area contributed by atoms with Crippen molar-refractivity contribution in [1.29, 1.82) is 0 Å². The molecule has 0 spiro atoms. The minimum Gasteiger partial charge on any atom is -0.392 e. The monoisotopic (exact) mass is 431 g/mol. The zero-order valence-corrected chi connectivity index (χ0v) is 14.9. The summed E-state index contributed by atoms with van der Waals surface area (Å²) in [5, 5.41) is 2.96. The van der Waals surface area contributed by atoms with Gasteiger partial charge in [-0.25, -0.2) is 4.79 Å². The molecule has 5 nitrogen and oxygen atoms in total. The number of hydrogen-bond acceptors (Lipinski definition) is 5. The molecular formula is C15H15Br2NO4. The van der Waals surface area contributed by atoms with Crippen LogP contribution in [0, 0.1) is 0 Å². The van der Waals surface area contributed by atoms with Crippen molar-refractivity contribution in [2.24, 2.45) is 0 Å². The number of ether oxygens (including phenoxy) is 1. The fraction of sp³-hybridized carbons (Fsp3) is 0.400. The maximum atomic E-state index is 12.2. The molecule has 1 aliphatic rings. The molecule has 1 heterocycles. The van der Waals surface area contributed by atoms with Gasteiger partial charge < -0.3 is 10.1 Å². The van der Waals surface area contributed by atoms with E-state index in [0.29, 0.717) is 12.0 Å². The molecule has 1 aromatic carbocycles. The van der Waals surface area contributed by atoms with Gasteiger partial charge in [-0.05, 0) is 31.5 Å². The molecule has 0 bridgehead atoms. The number of esters is 2. The third-order valence-electron chi connectivity index (χ3n) is 3.32. The average molecular weight is 433 g/mol. The molecule has 1 unspecified atom stereocenters. The lowest BCUT2D eigenvalue weighted by Gasteiger charge is -2.11. The van der Waals surface area contributed by atoms with Crippen LogP contribution in [0.2, 0.25) is 0 Å². The first-order valence-electron chi connectivity index (χ1n) is 6.89. The quantitative estimate of drug-likeness (QED) is 0.335. The summed E-state index contributed by atoms with van der Waals surface area (Å²) in [4.78, 5) is 34.9. The maximum Gasteiger partial charge on any atom is 0.330 e. The molecule has 2 atom stereocenters. The first kappa shape index (κ1) is 17.3. The van der Waals surface area contributed by atoms with E-state index in [1.165, 1.54) is 0 Å². The van der Waals surface area contributed by atoms with Gasteiger partial charge >= 0.3 is 11.9 Å². The van der Waals surface area contributed by atoms with Crippen LogP contribution >= 0.6 is 31.9 Å². The summed E-state index contributed by atoms with van der Waals surface area (Å²) in [6.45, 7) is 0.747. The van der Waals surface area contributed by atoms with Gasteiger partial charge in [-0.2, -0.15) is 0 Å². The minimum absolute atomic E-state index is 0.187. The average Bonchev–Trinajstić information content (AvgIpc) is 3.01. The lowest BCUT2D eigenvalue weighted by atomic mass is 10.1. The van der Waals surface area contributed by atoms with Crippen molar-refractivity contribution < 1.29 is 19.1 Å². The lowest BCUT2D eigenvalue weighted by Crippen LogP contribution is -2.34. The number of halogens is 2. The van der Waals surface area contributed by atoms with Crippen LogP contribution in [0.5, 0.6) is 0 Å². The standard InChI is InChI=1S/C15H15Br2NO4/c16-10-5-3-9(4-6-10)14(20)11(17)8-13(19)22-15(21)12-2-1-7-18-12/h3-6,11-12,18H,1-2,7-8H2/t11?,12-/m0/s1. The molecule has 0 amide bonds. The summed E-state index contributed by atoms with van der Waals surface area (Å²) < 4.78 is 5.65. The summed E-state index contributed by atoms with van der Waals surface area (Å²) in [6.07, 6.45) is 1.37. The number of Topliss-reactive ketones (excluding diaryl/α,β-unsaturated/α-hetero) is 1. The fourth-order valence-corrected chi connectivity index (χ4v) is 2.94. The van der Waals surface area contributed by atoms with E-state index in [4.69, 9.17) is 4.74 Å². The first-order valence-corrected chi connectivity index (χ1v) is 8.60. The Hall–Kier alpha value is -1.05. The smallest absolute Gasteiger partial charge is 0.330 e. The van der Waals surface area contributed by atoms with Gasteiger partial charge in [-0.3, -0.25) is 9.59 Å². The maximum absolute atomic E-state index is 12.2. The predicted octanol–water partition coefficient (Wildman–Crippen LogP) is 2.61. The summed E-state index contributed by atoms with van der Waals surface area (Å²) in [5.74, 6) is -1.50. The number of alkyl halides is 1. The van der Waals surface area contributed by atoms with Crippen molar-refractivity contribution in [3.8, 4) is 0 Å². The highest BCUT2D eigenvalue weighted by Gasteiger charge is 2.27. The van der Waals surface area contributed by atoms with Crippen LogP contribution in [0.25, 0.3) is 0 Å². The van der Waals surface area contributed by atoms with Gasteiger partial charge in [0.25, 0.3) is 0 Å². The molecule has 1 saturated heterocycles. The van der Waals surface area contributed by atoms with Gasteiger partial charge in [0.05, 0.1) is 11.2 Å². The second-order valence-electron chi connectivity index (χ2n) is 4.98. The second-order valence-corrected chi connectivity index (χ2v) is 7.01. The molecule has 0 aromatic heterocycles. The molecule has 1 aromatic rings. The molecule has 0 saturated carbocycles. The fourth-order valence-electron chi connectivity index (χ4n) is 2.14. The Morgan fingerprint density at radius 1 is 1.27 bits per heavy atom. The van der Waals surface area contributed by atoms with E-state index >= 15 is 0 Å². The number of benzene rings is 1. The Labute approximate surface area is 145 Å². The van der Waals surface area contributed by atoms with Gasteiger partial charge in [-0.15, -0.1) is 0 Å². The predicted molar refractivity (Wildman–Crippen MR) is 87.9 cm³/mol. The normalized spacial score (nSPS) is 18.7. The van der Waals surface area contributed by atoms with Crippen molar-refractivity contribution >= 4 is 49.6 Å². The molecule has 2 rings (SSSR count). The largest absolute Gasteiger partial charge is 0.392 e. The van der Waals surface area contributed by atoms with Crippen LogP contribution in [-0.4, -0.2) is 35.1 Å². The third-order valence-corrected chi connectivity index (χ3v) is 4.59. The lowest BCUT2D eigenvalue weighted by molar-refractivity contribution is -0.160. The Kier molecular flexibility index (Phi) is 6.28. The van der Waals surface area contributed by atoms with Crippen molar-refractivity contribution in [2.45, 2.75) is 30.1 Å². The van der Waals surface area contributed by atoms with Crippen LogP contribution < -0.4 is 5.32 Å². The van der Waals surface area contributed by atoms with E-state index in [9.17, 15) is 14.4 Å². The Balaban J connectivity index is 1.86. The molecule has 118 valence electrons. The highest BCUT2D eigenvalue weighted by atomic mass is 79.9. The van der Waals surface area contributed by atoms with E-state index < -0.39 is 22.8 Å². The number of ketones is 1. The minimum atomic E-state index is -0.717. The zero-order chi connectivity index (χ0) is 16.1. The SMILES string of the molecule is O=C(CC(Br)C(=O)c1ccc(Br)cc1)OC(=O)[C@@H]1CCCN1.